The van der Waals surface area contributed by atoms with Crippen LogP contribution in [-0.2, 0) is 6.54 Å². The number of hydrogen-bond acceptors (Lipinski definition) is 4. The SMILES string of the molecule is CCC(NC(=O)Nc1ccc(OC)c(OC(F)F)c1)c1cnn(CC)c1. The average Bonchev–Trinajstić information content (AvgIpc) is 3.08. The molecule has 26 heavy (non-hydrogen) atoms. The third-order valence-electron chi connectivity index (χ3n) is 3.73. The number of carbonyl (C=O) groups is 1. The first-order valence-corrected chi connectivity index (χ1v) is 8.19. The summed E-state index contributed by atoms with van der Waals surface area (Å²) in [7, 11) is 1.34. The summed E-state index contributed by atoms with van der Waals surface area (Å²) in [6, 6.07) is 3.57. The van der Waals surface area contributed by atoms with Crippen molar-refractivity contribution in [2.24, 2.45) is 0 Å². The summed E-state index contributed by atoms with van der Waals surface area (Å²) >= 11 is 0. The van der Waals surface area contributed by atoms with Crippen LogP contribution in [0.15, 0.2) is 30.6 Å². The Labute approximate surface area is 150 Å². The third-order valence-corrected chi connectivity index (χ3v) is 3.73. The van der Waals surface area contributed by atoms with Gasteiger partial charge in [-0.3, -0.25) is 4.68 Å². The fourth-order valence-corrected chi connectivity index (χ4v) is 2.42. The first-order valence-electron chi connectivity index (χ1n) is 8.19. The summed E-state index contributed by atoms with van der Waals surface area (Å²) in [5.74, 6) is -0.00811. The number of amides is 2. The number of alkyl halides is 2. The van der Waals surface area contributed by atoms with Crippen LogP contribution in [0.4, 0.5) is 19.3 Å². The Morgan fingerprint density at radius 1 is 1.31 bits per heavy atom. The van der Waals surface area contributed by atoms with Crippen LogP contribution in [0.2, 0.25) is 0 Å². The summed E-state index contributed by atoms with van der Waals surface area (Å²) < 4.78 is 36.1. The minimum Gasteiger partial charge on any atom is -0.493 e. The van der Waals surface area contributed by atoms with Crippen molar-refractivity contribution in [2.45, 2.75) is 39.5 Å². The molecule has 0 aliphatic carbocycles. The van der Waals surface area contributed by atoms with E-state index < -0.39 is 12.6 Å². The molecule has 0 radical (unpaired) electrons. The number of ether oxygens (including phenoxy) is 2. The van der Waals surface area contributed by atoms with Crippen molar-refractivity contribution in [1.29, 1.82) is 0 Å². The van der Waals surface area contributed by atoms with Crippen LogP contribution in [-0.4, -0.2) is 29.5 Å². The lowest BCUT2D eigenvalue weighted by Crippen LogP contribution is -2.32. The van der Waals surface area contributed by atoms with E-state index in [4.69, 9.17) is 4.74 Å². The molecule has 0 spiro atoms. The second kappa shape index (κ2) is 9.02. The standard InChI is InChI=1S/C17H22F2N4O3/c1-4-13(11-9-20-23(5-2)10-11)22-17(24)21-12-6-7-14(25-3)15(8-12)26-16(18)19/h6-10,13,16H,4-5H2,1-3H3,(H2,21,22,24). The normalized spacial score (nSPS) is 11.9. The molecule has 1 aromatic carbocycles. The van der Waals surface area contributed by atoms with Gasteiger partial charge in [-0.1, -0.05) is 6.92 Å². The van der Waals surface area contributed by atoms with Crippen molar-refractivity contribution in [2.75, 3.05) is 12.4 Å². The maximum absolute atomic E-state index is 12.5. The summed E-state index contributed by atoms with van der Waals surface area (Å²) in [5, 5.41) is 9.64. The van der Waals surface area contributed by atoms with Gasteiger partial charge in [-0.2, -0.15) is 13.9 Å². The average molecular weight is 368 g/mol. The molecule has 1 atom stereocenters. The minimum atomic E-state index is -2.99. The number of halogens is 2. The molecule has 0 aliphatic heterocycles. The lowest BCUT2D eigenvalue weighted by atomic mass is 10.1. The monoisotopic (exact) mass is 368 g/mol. The lowest BCUT2D eigenvalue weighted by molar-refractivity contribution is -0.0511. The smallest absolute Gasteiger partial charge is 0.387 e. The molecule has 2 N–H and O–H groups in total. The van der Waals surface area contributed by atoms with Crippen molar-refractivity contribution >= 4 is 11.7 Å². The Balaban J connectivity index is 2.06. The highest BCUT2D eigenvalue weighted by atomic mass is 19.3. The number of hydrogen-bond donors (Lipinski definition) is 2. The number of nitrogens with zero attached hydrogens (tertiary/aromatic N) is 2. The lowest BCUT2D eigenvalue weighted by Gasteiger charge is -2.17. The predicted octanol–water partition coefficient (Wildman–Crippen LogP) is 3.79. The Hall–Kier alpha value is -2.84. The summed E-state index contributed by atoms with van der Waals surface area (Å²) in [5.41, 5.74) is 1.19. The van der Waals surface area contributed by atoms with Gasteiger partial charge in [0.05, 0.1) is 19.3 Å². The second-order valence-corrected chi connectivity index (χ2v) is 5.43. The molecule has 2 amide bonds. The molecule has 142 valence electrons. The fourth-order valence-electron chi connectivity index (χ4n) is 2.42. The third kappa shape index (κ3) is 5.08. The predicted molar refractivity (Wildman–Crippen MR) is 92.7 cm³/mol. The van der Waals surface area contributed by atoms with Crippen LogP contribution in [0.25, 0.3) is 0 Å². The van der Waals surface area contributed by atoms with Gasteiger partial charge in [0.1, 0.15) is 0 Å². The highest BCUT2D eigenvalue weighted by molar-refractivity contribution is 5.90. The fraction of sp³-hybridized carbons (Fsp3) is 0.412. The van der Waals surface area contributed by atoms with E-state index in [2.05, 4.69) is 20.5 Å². The van der Waals surface area contributed by atoms with Crippen molar-refractivity contribution in [1.82, 2.24) is 15.1 Å². The van der Waals surface area contributed by atoms with E-state index in [0.29, 0.717) is 12.1 Å². The molecule has 1 unspecified atom stereocenters. The van der Waals surface area contributed by atoms with Crippen LogP contribution in [0.5, 0.6) is 11.5 Å². The number of urea groups is 1. The number of anilines is 1. The molecule has 0 saturated carbocycles. The van der Waals surface area contributed by atoms with E-state index in [1.54, 1.807) is 10.9 Å². The molecule has 0 bridgehead atoms. The van der Waals surface area contributed by atoms with E-state index in [0.717, 1.165) is 12.1 Å². The van der Waals surface area contributed by atoms with Crippen LogP contribution in [0, 0.1) is 0 Å². The number of methoxy groups -OCH3 is 1. The second-order valence-electron chi connectivity index (χ2n) is 5.43. The zero-order chi connectivity index (χ0) is 19.1. The van der Waals surface area contributed by atoms with Crippen LogP contribution in [0.1, 0.15) is 31.9 Å². The largest absolute Gasteiger partial charge is 0.493 e. The molecular weight excluding hydrogens is 346 g/mol. The Bertz CT molecular complexity index is 737. The maximum Gasteiger partial charge on any atom is 0.387 e. The molecule has 9 heteroatoms. The van der Waals surface area contributed by atoms with Gasteiger partial charge in [0, 0.05) is 30.1 Å². The number of rotatable bonds is 8. The Morgan fingerprint density at radius 3 is 2.65 bits per heavy atom. The molecule has 1 heterocycles. The van der Waals surface area contributed by atoms with Gasteiger partial charge in [-0.15, -0.1) is 0 Å². The van der Waals surface area contributed by atoms with Crippen LogP contribution < -0.4 is 20.1 Å². The van der Waals surface area contributed by atoms with E-state index >= 15 is 0 Å². The first-order chi connectivity index (χ1) is 12.5. The van der Waals surface area contributed by atoms with E-state index in [1.165, 1.54) is 25.3 Å². The highest BCUT2D eigenvalue weighted by Crippen LogP contribution is 2.31. The summed E-state index contributed by atoms with van der Waals surface area (Å²) in [6.07, 6.45) is 4.25. The van der Waals surface area contributed by atoms with E-state index in [-0.39, 0.29) is 17.5 Å². The maximum atomic E-state index is 12.5. The number of nitrogens with one attached hydrogen (secondary N) is 2. The molecule has 0 aliphatic rings. The number of carbonyl (C=O) groups excluding carboxylic acids is 1. The molecule has 1 aromatic heterocycles. The minimum absolute atomic E-state index is 0.148. The first kappa shape index (κ1) is 19.5. The topological polar surface area (TPSA) is 77.4 Å². The van der Waals surface area contributed by atoms with E-state index in [1.807, 2.05) is 20.0 Å². The summed E-state index contributed by atoms with van der Waals surface area (Å²) in [4.78, 5) is 12.2. The van der Waals surface area contributed by atoms with Crippen molar-refractivity contribution in [3.8, 4) is 11.5 Å². The molecule has 0 saturated heterocycles. The van der Waals surface area contributed by atoms with Crippen molar-refractivity contribution < 1.29 is 23.0 Å². The quantitative estimate of drug-likeness (QED) is 0.743. The molecule has 0 fully saturated rings. The van der Waals surface area contributed by atoms with Gasteiger partial charge < -0.3 is 20.1 Å². The highest BCUT2D eigenvalue weighted by Gasteiger charge is 2.16. The molecule has 2 rings (SSSR count). The van der Waals surface area contributed by atoms with Gasteiger partial charge in [0.15, 0.2) is 11.5 Å². The zero-order valence-corrected chi connectivity index (χ0v) is 14.8. The number of aryl methyl sites for hydroxylation is 1. The van der Waals surface area contributed by atoms with Crippen LogP contribution >= 0.6 is 0 Å². The Morgan fingerprint density at radius 2 is 2.08 bits per heavy atom. The van der Waals surface area contributed by atoms with Gasteiger partial charge in [0.25, 0.3) is 0 Å². The van der Waals surface area contributed by atoms with Gasteiger partial charge >= 0.3 is 12.6 Å². The zero-order valence-electron chi connectivity index (χ0n) is 14.8. The number of benzene rings is 1. The summed E-state index contributed by atoms with van der Waals surface area (Å²) in [6.45, 7) is 1.66. The Kier molecular flexibility index (Phi) is 6.76. The molecule has 7 nitrogen and oxygen atoms in total. The van der Waals surface area contributed by atoms with Gasteiger partial charge in [-0.25, -0.2) is 4.79 Å². The molecular formula is C17H22F2N4O3. The van der Waals surface area contributed by atoms with Gasteiger partial charge in [-0.05, 0) is 25.5 Å². The van der Waals surface area contributed by atoms with E-state index in [9.17, 15) is 13.6 Å². The van der Waals surface area contributed by atoms with Gasteiger partial charge in [0.2, 0.25) is 0 Å². The van der Waals surface area contributed by atoms with Crippen molar-refractivity contribution in [3.05, 3.63) is 36.2 Å². The molecule has 2 aromatic rings. The van der Waals surface area contributed by atoms with Crippen LogP contribution in [0.3, 0.4) is 0 Å². The number of aromatic nitrogens is 2. The van der Waals surface area contributed by atoms with Crippen molar-refractivity contribution in [3.63, 3.8) is 0 Å².